The number of carbonyl (C=O) groups is 4. The lowest BCUT2D eigenvalue weighted by atomic mass is 9.74. The molecule has 0 radical (unpaired) electrons. The molecule has 19 nitrogen and oxygen atoms in total. The van der Waals surface area contributed by atoms with Crippen LogP contribution in [0.15, 0.2) is 0 Å². The highest BCUT2D eigenvalue weighted by Gasteiger charge is 2.53. The number of hydrogen-bond donors (Lipinski definition) is 10. The zero-order chi connectivity index (χ0) is 45.0. The van der Waals surface area contributed by atoms with E-state index in [0.29, 0.717) is 19.3 Å². The number of amides is 2. The standard InChI is InChI=1S/C42H72N2O17/c1-5-25-16-26(27(49)13-10-14-43-31(50)18-42(6-2,20-46)21-47)17-28(37(25)61-41-36(54)35(53)33(51)22(3)57-41)59-40-32(44-23(4)48)38(34(52)30(19-45)60-40)58-29(39(55)56)15-24-11-8-7-9-12-24/h22,24-26,28-30,32-38,40-41,45-47,51-54H,5-21H2,1-4H3,(H,43,50)(H,44,48)(H,55,56)/t22?,25?,26?,28-,29+,30+,32?,33-,34+,35+,36?,37-,38?,40-,41+/m1/s1. The summed E-state index contributed by atoms with van der Waals surface area (Å²) < 4.78 is 31.1. The summed E-state index contributed by atoms with van der Waals surface area (Å²) in [6, 6.07) is -1.32. The molecular formula is C42H72N2O17. The summed E-state index contributed by atoms with van der Waals surface area (Å²) >= 11 is 0. The Morgan fingerprint density at radius 3 is 2.13 bits per heavy atom. The van der Waals surface area contributed by atoms with Gasteiger partial charge in [0.15, 0.2) is 18.7 Å². The second kappa shape index (κ2) is 24.0. The Morgan fingerprint density at radius 2 is 1.54 bits per heavy atom. The third kappa shape index (κ3) is 13.6. The lowest BCUT2D eigenvalue weighted by molar-refractivity contribution is -0.338. The quantitative estimate of drug-likeness (QED) is 0.0622. The normalized spacial score (nSPS) is 35.6. The lowest BCUT2D eigenvalue weighted by Gasteiger charge is -2.49. The minimum atomic E-state index is -1.67. The van der Waals surface area contributed by atoms with E-state index in [9.17, 15) is 60.0 Å². The Bertz CT molecular complexity index is 1390. The van der Waals surface area contributed by atoms with Gasteiger partial charge < -0.3 is 75.2 Å². The van der Waals surface area contributed by atoms with Gasteiger partial charge in [0.25, 0.3) is 0 Å². The van der Waals surface area contributed by atoms with Gasteiger partial charge in [-0.3, -0.25) is 14.4 Å². The van der Waals surface area contributed by atoms with Gasteiger partial charge in [-0.15, -0.1) is 0 Å². The number of aliphatic carboxylic acids is 1. The molecule has 4 aliphatic rings. The monoisotopic (exact) mass is 876 g/mol. The van der Waals surface area contributed by atoms with Crippen LogP contribution in [-0.2, 0) is 42.9 Å². The maximum atomic E-state index is 13.9. The van der Waals surface area contributed by atoms with Crippen molar-refractivity contribution in [1.29, 1.82) is 0 Å². The van der Waals surface area contributed by atoms with Crippen LogP contribution in [0.2, 0.25) is 0 Å². The molecule has 2 aliphatic heterocycles. The molecule has 61 heavy (non-hydrogen) atoms. The van der Waals surface area contributed by atoms with Crippen LogP contribution < -0.4 is 10.6 Å². The van der Waals surface area contributed by atoms with Crippen LogP contribution in [-0.4, -0.2) is 170 Å². The summed E-state index contributed by atoms with van der Waals surface area (Å²) in [7, 11) is 0. The fraction of sp³-hybridized carbons (Fsp3) is 0.905. The highest BCUT2D eigenvalue weighted by Crippen LogP contribution is 2.40. The number of aliphatic hydroxyl groups excluding tert-OH is 7. The molecule has 2 saturated heterocycles. The van der Waals surface area contributed by atoms with Crippen molar-refractivity contribution >= 4 is 23.6 Å². The average Bonchev–Trinajstić information content (AvgIpc) is 3.24. The molecule has 19 heteroatoms. The number of rotatable bonds is 22. The molecule has 0 aromatic heterocycles. The number of hydrogen-bond acceptors (Lipinski definition) is 16. The molecule has 0 aromatic rings. The third-order valence-corrected chi connectivity index (χ3v) is 13.3. The summed E-state index contributed by atoms with van der Waals surface area (Å²) in [5, 5.41) is 88.9. The summed E-state index contributed by atoms with van der Waals surface area (Å²) in [5.74, 6) is -3.33. The Morgan fingerprint density at radius 1 is 0.852 bits per heavy atom. The van der Waals surface area contributed by atoms with E-state index >= 15 is 0 Å². The van der Waals surface area contributed by atoms with Crippen molar-refractivity contribution in [1.82, 2.24) is 10.6 Å². The van der Waals surface area contributed by atoms with E-state index in [2.05, 4.69) is 10.6 Å². The Balaban J connectivity index is 1.60. The molecule has 0 aromatic carbocycles. The van der Waals surface area contributed by atoms with Gasteiger partial charge in [0.2, 0.25) is 11.8 Å². The number of carboxylic acids is 1. The fourth-order valence-electron chi connectivity index (χ4n) is 9.23. The van der Waals surface area contributed by atoms with Gasteiger partial charge in [0.05, 0.1) is 38.1 Å². The van der Waals surface area contributed by atoms with Crippen molar-refractivity contribution in [2.45, 2.75) is 191 Å². The molecule has 10 N–H and O–H groups in total. The second-order valence-electron chi connectivity index (χ2n) is 17.7. The van der Waals surface area contributed by atoms with Crippen molar-refractivity contribution < 1.29 is 83.7 Å². The molecule has 0 spiro atoms. The first kappa shape index (κ1) is 51.2. The topological polar surface area (TPSA) is 300 Å². The molecule has 2 amide bonds. The van der Waals surface area contributed by atoms with Crippen LogP contribution in [0.1, 0.15) is 111 Å². The van der Waals surface area contributed by atoms with Crippen LogP contribution in [0.5, 0.6) is 0 Å². The first-order chi connectivity index (χ1) is 29.0. The Kier molecular flexibility index (Phi) is 20.2. The molecule has 6 unspecified atom stereocenters. The maximum Gasteiger partial charge on any atom is 0.332 e. The average molecular weight is 877 g/mol. The van der Waals surface area contributed by atoms with Crippen molar-refractivity contribution in [2.24, 2.45) is 23.2 Å². The number of carbonyl (C=O) groups excluding carboxylic acids is 3. The van der Waals surface area contributed by atoms with Crippen molar-refractivity contribution in [3.63, 3.8) is 0 Å². The van der Waals surface area contributed by atoms with Crippen LogP contribution >= 0.6 is 0 Å². The highest BCUT2D eigenvalue weighted by molar-refractivity contribution is 5.81. The largest absolute Gasteiger partial charge is 0.479 e. The number of nitrogens with one attached hydrogen (secondary N) is 2. The highest BCUT2D eigenvalue weighted by atomic mass is 16.7. The van der Waals surface area contributed by atoms with Crippen molar-refractivity contribution in [3.8, 4) is 0 Å². The van der Waals surface area contributed by atoms with Gasteiger partial charge in [-0.2, -0.15) is 0 Å². The molecule has 352 valence electrons. The van der Waals surface area contributed by atoms with Gasteiger partial charge in [0.1, 0.15) is 48.4 Å². The van der Waals surface area contributed by atoms with E-state index < -0.39 is 115 Å². The molecule has 2 aliphatic carbocycles. The summed E-state index contributed by atoms with van der Waals surface area (Å²) in [5.41, 5.74) is -0.950. The molecule has 0 bridgehead atoms. The predicted octanol–water partition coefficient (Wildman–Crippen LogP) is -0.351. The van der Waals surface area contributed by atoms with Gasteiger partial charge in [-0.25, -0.2) is 4.79 Å². The van der Waals surface area contributed by atoms with E-state index in [1.165, 1.54) is 13.8 Å². The summed E-state index contributed by atoms with van der Waals surface area (Å²) in [4.78, 5) is 51.8. The molecule has 4 fully saturated rings. The fourth-order valence-corrected chi connectivity index (χ4v) is 9.23. The smallest absolute Gasteiger partial charge is 0.332 e. The zero-order valence-electron chi connectivity index (χ0n) is 36.0. The van der Waals surface area contributed by atoms with Crippen molar-refractivity contribution in [2.75, 3.05) is 26.4 Å². The minimum absolute atomic E-state index is 0.0197. The van der Waals surface area contributed by atoms with Crippen LogP contribution in [0.3, 0.4) is 0 Å². The van der Waals surface area contributed by atoms with E-state index in [4.69, 9.17) is 23.7 Å². The van der Waals surface area contributed by atoms with Crippen molar-refractivity contribution in [3.05, 3.63) is 0 Å². The second-order valence-corrected chi connectivity index (χ2v) is 17.7. The van der Waals surface area contributed by atoms with E-state index in [1.54, 1.807) is 6.92 Å². The Labute approximate surface area is 357 Å². The van der Waals surface area contributed by atoms with Crippen LogP contribution in [0.25, 0.3) is 0 Å². The van der Waals surface area contributed by atoms with E-state index in [1.807, 2.05) is 6.92 Å². The van der Waals surface area contributed by atoms with E-state index in [-0.39, 0.29) is 69.5 Å². The first-order valence-electron chi connectivity index (χ1n) is 22.1. The maximum absolute atomic E-state index is 13.9. The molecule has 2 heterocycles. The SMILES string of the molecule is CCC1CC(C(=O)CCCNC(=O)CC(CC)(CO)CO)C[C@@H](O[C@@H]2O[C@@H](CO)[C@H](O)C(O[C@@H](CC3CCCCC3)C(=O)O)C2NC(C)=O)[C@@H]1O[C@@H]1OC(C)[C@@H](O)[C@H](O)C1O. The first-order valence-corrected chi connectivity index (χ1v) is 22.1. The van der Waals surface area contributed by atoms with Gasteiger partial charge in [0, 0.05) is 37.6 Å². The summed E-state index contributed by atoms with van der Waals surface area (Å²) in [6.45, 7) is 5.08. The molecule has 15 atom stereocenters. The number of ether oxygens (including phenoxy) is 5. The molecule has 2 saturated carbocycles. The van der Waals surface area contributed by atoms with E-state index in [0.717, 1.165) is 32.1 Å². The zero-order valence-corrected chi connectivity index (χ0v) is 36.0. The molecular weight excluding hydrogens is 804 g/mol. The third-order valence-electron chi connectivity index (χ3n) is 13.3. The lowest BCUT2D eigenvalue weighted by Crippen LogP contribution is -2.67. The minimum Gasteiger partial charge on any atom is -0.479 e. The van der Waals surface area contributed by atoms with Crippen LogP contribution in [0.4, 0.5) is 0 Å². The number of aliphatic hydroxyl groups is 7. The predicted molar refractivity (Wildman–Crippen MR) is 214 cm³/mol. The number of ketones is 1. The van der Waals surface area contributed by atoms with Gasteiger partial charge in [-0.05, 0) is 50.9 Å². The number of Topliss-reactive ketones (excluding diaryl/α,β-unsaturated/α-hetero) is 1. The van der Waals surface area contributed by atoms with Gasteiger partial charge in [-0.1, -0.05) is 52.4 Å². The Hall–Kier alpha value is -2.40. The number of carboxylic acid groups (broad SMARTS) is 1. The molecule has 4 rings (SSSR count). The summed E-state index contributed by atoms with van der Waals surface area (Å²) in [6.07, 6.45) is -10.1. The van der Waals surface area contributed by atoms with Crippen LogP contribution in [0, 0.1) is 23.2 Å². The van der Waals surface area contributed by atoms with Gasteiger partial charge >= 0.3 is 5.97 Å².